The monoisotopic (exact) mass is 266 g/mol. The molecule has 1 saturated heterocycles. The summed E-state index contributed by atoms with van der Waals surface area (Å²) in [6, 6.07) is 0. The molecule has 0 aliphatic carbocycles. The average Bonchev–Trinajstić information content (AvgIpc) is 2.71. The van der Waals surface area contributed by atoms with E-state index in [4.69, 9.17) is 9.26 Å². The Morgan fingerprint density at radius 3 is 2.95 bits per heavy atom. The van der Waals surface area contributed by atoms with Crippen molar-refractivity contribution in [2.75, 3.05) is 19.7 Å². The number of rotatable bonds is 4. The molecule has 0 aromatic carbocycles. The number of esters is 1. The molecular weight excluding hydrogens is 244 g/mol. The number of hydrogen-bond donors (Lipinski definition) is 0. The minimum atomic E-state index is -0.0639. The van der Waals surface area contributed by atoms with Crippen molar-refractivity contribution in [1.82, 2.24) is 10.1 Å². The molecule has 5 heteroatoms. The quantitative estimate of drug-likeness (QED) is 0.781. The number of aromatic nitrogens is 1. The topological polar surface area (TPSA) is 55.6 Å². The molecule has 1 aliphatic heterocycles. The summed E-state index contributed by atoms with van der Waals surface area (Å²) in [5, 5.41) is 3.97. The molecule has 1 unspecified atom stereocenters. The summed E-state index contributed by atoms with van der Waals surface area (Å²) < 4.78 is 10.3. The van der Waals surface area contributed by atoms with E-state index in [-0.39, 0.29) is 11.9 Å². The fraction of sp³-hybridized carbons (Fsp3) is 0.714. The molecule has 106 valence electrons. The zero-order valence-corrected chi connectivity index (χ0v) is 11.9. The van der Waals surface area contributed by atoms with Crippen LogP contribution in [0, 0.1) is 19.8 Å². The molecule has 0 amide bonds. The lowest BCUT2D eigenvalue weighted by Crippen LogP contribution is -2.39. The molecule has 0 bridgehead atoms. The Kier molecular flexibility index (Phi) is 4.58. The molecule has 2 rings (SSSR count). The molecule has 1 aromatic rings. The highest BCUT2D eigenvalue weighted by atomic mass is 16.5. The molecule has 1 aliphatic rings. The first kappa shape index (κ1) is 14.1. The van der Waals surface area contributed by atoms with Crippen LogP contribution in [-0.4, -0.2) is 35.7 Å². The van der Waals surface area contributed by atoms with Crippen molar-refractivity contribution in [1.29, 1.82) is 0 Å². The van der Waals surface area contributed by atoms with Gasteiger partial charge in [0.1, 0.15) is 5.76 Å². The fourth-order valence-corrected chi connectivity index (χ4v) is 2.60. The van der Waals surface area contributed by atoms with E-state index < -0.39 is 0 Å². The number of carbonyl (C=O) groups excluding carboxylic acids is 1. The van der Waals surface area contributed by atoms with Crippen molar-refractivity contribution in [2.24, 2.45) is 5.92 Å². The van der Waals surface area contributed by atoms with Gasteiger partial charge in [-0.2, -0.15) is 0 Å². The van der Waals surface area contributed by atoms with Gasteiger partial charge in [0.15, 0.2) is 0 Å². The second-order valence-corrected chi connectivity index (χ2v) is 5.13. The number of ether oxygens (including phenoxy) is 1. The Labute approximate surface area is 113 Å². The molecule has 0 radical (unpaired) electrons. The Hall–Kier alpha value is -1.36. The van der Waals surface area contributed by atoms with Gasteiger partial charge in [0.2, 0.25) is 0 Å². The van der Waals surface area contributed by atoms with Crippen LogP contribution in [0.5, 0.6) is 0 Å². The van der Waals surface area contributed by atoms with Gasteiger partial charge in [-0.1, -0.05) is 5.16 Å². The lowest BCUT2D eigenvalue weighted by Gasteiger charge is -2.31. The minimum Gasteiger partial charge on any atom is -0.466 e. The van der Waals surface area contributed by atoms with Gasteiger partial charge in [0.25, 0.3) is 0 Å². The van der Waals surface area contributed by atoms with Crippen LogP contribution in [0.4, 0.5) is 0 Å². The molecule has 1 aromatic heterocycles. The zero-order valence-electron chi connectivity index (χ0n) is 11.9. The summed E-state index contributed by atoms with van der Waals surface area (Å²) in [6.07, 6.45) is 1.96. The van der Waals surface area contributed by atoms with Gasteiger partial charge in [0.05, 0.1) is 18.2 Å². The number of aryl methyl sites for hydroxylation is 2. The Morgan fingerprint density at radius 2 is 2.32 bits per heavy atom. The minimum absolute atomic E-state index is 0.00849. The van der Waals surface area contributed by atoms with Crippen LogP contribution in [0.25, 0.3) is 0 Å². The molecule has 2 heterocycles. The van der Waals surface area contributed by atoms with E-state index in [0.29, 0.717) is 6.61 Å². The van der Waals surface area contributed by atoms with Crippen molar-refractivity contribution >= 4 is 5.97 Å². The largest absolute Gasteiger partial charge is 0.466 e. The van der Waals surface area contributed by atoms with Gasteiger partial charge in [-0.05, 0) is 40.2 Å². The van der Waals surface area contributed by atoms with Crippen LogP contribution >= 0.6 is 0 Å². The third-order valence-electron chi connectivity index (χ3n) is 3.69. The van der Waals surface area contributed by atoms with E-state index in [1.54, 1.807) is 0 Å². The lowest BCUT2D eigenvalue weighted by molar-refractivity contribution is -0.150. The van der Waals surface area contributed by atoms with Crippen LogP contribution in [0.2, 0.25) is 0 Å². The van der Waals surface area contributed by atoms with Crippen LogP contribution in [0.3, 0.4) is 0 Å². The summed E-state index contributed by atoms with van der Waals surface area (Å²) in [4.78, 5) is 14.1. The summed E-state index contributed by atoms with van der Waals surface area (Å²) in [7, 11) is 0. The highest BCUT2D eigenvalue weighted by Crippen LogP contribution is 2.22. The summed E-state index contributed by atoms with van der Waals surface area (Å²) in [5.41, 5.74) is 2.08. The lowest BCUT2D eigenvalue weighted by atomic mass is 9.97. The van der Waals surface area contributed by atoms with Gasteiger partial charge >= 0.3 is 5.97 Å². The van der Waals surface area contributed by atoms with Crippen LogP contribution < -0.4 is 0 Å². The van der Waals surface area contributed by atoms with Gasteiger partial charge < -0.3 is 9.26 Å². The van der Waals surface area contributed by atoms with Crippen LogP contribution in [0.1, 0.15) is 36.8 Å². The molecule has 19 heavy (non-hydrogen) atoms. The first-order chi connectivity index (χ1) is 9.11. The first-order valence-electron chi connectivity index (χ1n) is 6.92. The SMILES string of the molecule is CCOC(=O)C1CCCN(Cc2c(C)noc2C)C1. The number of likely N-dealkylation sites (tertiary alicyclic amines) is 1. The first-order valence-corrected chi connectivity index (χ1v) is 6.92. The second-order valence-electron chi connectivity index (χ2n) is 5.13. The van der Waals surface area contributed by atoms with Crippen molar-refractivity contribution in [3.63, 3.8) is 0 Å². The van der Waals surface area contributed by atoms with Gasteiger partial charge in [-0.25, -0.2) is 0 Å². The number of carbonyl (C=O) groups is 1. The Balaban J connectivity index is 1.96. The number of nitrogens with zero attached hydrogens (tertiary/aromatic N) is 2. The highest BCUT2D eigenvalue weighted by molar-refractivity contribution is 5.72. The van der Waals surface area contributed by atoms with E-state index >= 15 is 0 Å². The predicted octanol–water partition coefficient (Wildman–Crippen LogP) is 2.07. The van der Waals surface area contributed by atoms with Crippen molar-refractivity contribution in [3.8, 4) is 0 Å². The van der Waals surface area contributed by atoms with E-state index in [1.807, 2.05) is 20.8 Å². The van der Waals surface area contributed by atoms with E-state index in [9.17, 15) is 4.79 Å². The normalized spacial score (nSPS) is 20.5. The molecule has 0 saturated carbocycles. The summed E-state index contributed by atoms with van der Waals surface area (Å²) in [6.45, 7) is 8.78. The summed E-state index contributed by atoms with van der Waals surface area (Å²) >= 11 is 0. The third-order valence-corrected chi connectivity index (χ3v) is 3.69. The molecule has 0 N–H and O–H groups in total. The molecule has 5 nitrogen and oxygen atoms in total. The van der Waals surface area contributed by atoms with Crippen molar-refractivity contribution < 1.29 is 14.1 Å². The Bertz CT molecular complexity index is 422. The van der Waals surface area contributed by atoms with E-state index in [1.165, 1.54) is 0 Å². The maximum absolute atomic E-state index is 11.8. The molecule has 1 atom stereocenters. The fourth-order valence-electron chi connectivity index (χ4n) is 2.60. The third kappa shape index (κ3) is 3.35. The van der Waals surface area contributed by atoms with Crippen molar-refractivity contribution in [2.45, 2.75) is 40.2 Å². The predicted molar refractivity (Wildman–Crippen MR) is 70.6 cm³/mol. The second kappa shape index (κ2) is 6.19. The molecule has 0 spiro atoms. The molecular formula is C14H22N2O3. The highest BCUT2D eigenvalue weighted by Gasteiger charge is 2.27. The number of hydrogen-bond acceptors (Lipinski definition) is 5. The van der Waals surface area contributed by atoms with Crippen LogP contribution in [0.15, 0.2) is 4.52 Å². The number of piperidine rings is 1. The van der Waals surface area contributed by atoms with Gasteiger partial charge in [-0.15, -0.1) is 0 Å². The maximum atomic E-state index is 11.8. The van der Waals surface area contributed by atoms with Gasteiger partial charge in [0, 0.05) is 18.7 Å². The summed E-state index contributed by atoms with van der Waals surface area (Å²) in [5.74, 6) is 0.816. The van der Waals surface area contributed by atoms with Crippen LogP contribution in [-0.2, 0) is 16.1 Å². The van der Waals surface area contributed by atoms with Crippen molar-refractivity contribution in [3.05, 3.63) is 17.0 Å². The maximum Gasteiger partial charge on any atom is 0.310 e. The Morgan fingerprint density at radius 1 is 1.53 bits per heavy atom. The smallest absolute Gasteiger partial charge is 0.310 e. The zero-order chi connectivity index (χ0) is 13.8. The molecule has 1 fully saturated rings. The van der Waals surface area contributed by atoms with Gasteiger partial charge in [-0.3, -0.25) is 9.69 Å². The average molecular weight is 266 g/mol. The van der Waals surface area contributed by atoms with E-state index in [0.717, 1.165) is 49.5 Å². The van der Waals surface area contributed by atoms with E-state index in [2.05, 4.69) is 10.1 Å². The standard InChI is InChI=1S/C14H22N2O3/c1-4-18-14(17)12-6-5-7-16(8-12)9-13-10(2)15-19-11(13)3/h12H,4-9H2,1-3H3.